The number of aryl methyl sites for hydroxylation is 1. The summed E-state index contributed by atoms with van der Waals surface area (Å²) in [6.45, 7) is 9.18. The molecule has 0 spiro atoms. The van der Waals surface area contributed by atoms with Crippen LogP contribution in [0.1, 0.15) is 108 Å². The lowest BCUT2D eigenvalue weighted by atomic mass is 10.0. The first-order chi connectivity index (χ1) is 25.3. The van der Waals surface area contributed by atoms with Crippen molar-refractivity contribution >= 4 is 5.97 Å². The Bertz CT molecular complexity index is 1620. The Labute approximate surface area is 304 Å². The largest absolute Gasteiger partial charge is 0.487 e. The predicted molar refractivity (Wildman–Crippen MR) is 182 cm³/mol. The van der Waals surface area contributed by atoms with Gasteiger partial charge in [-0.05, 0) is 57.7 Å². The first-order valence-electron chi connectivity index (χ1n) is 17.9. The standard InChI is InChI=1S/C39H46F8O6/c1-6-10-12-13-14-15-16-17-24(39(49-8-3)50-9-4)52-25-21-22(5)18-19-23(25)38(48)53-37-34(46)30(42)27(31(43)35(37)47)26-28(40)32(44)36(33(45)29(26)41)51-20-11-7-2/h18-19,21,24,39H,6-17,20H2,1-5H3. The Morgan fingerprint density at radius 1 is 0.623 bits per heavy atom. The van der Waals surface area contributed by atoms with Crippen LogP contribution >= 0.6 is 0 Å². The van der Waals surface area contributed by atoms with Gasteiger partial charge in [-0.3, -0.25) is 0 Å². The maximum absolute atomic E-state index is 15.4. The van der Waals surface area contributed by atoms with E-state index >= 15 is 17.6 Å². The number of unbranched alkanes of at least 4 members (excludes halogenated alkanes) is 7. The average molecular weight is 763 g/mol. The highest BCUT2D eigenvalue weighted by atomic mass is 19.2. The number of rotatable bonds is 22. The molecule has 0 aliphatic carbocycles. The van der Waals surface area contributed by atoms with Crippen molar-refractivity contribution in [3.05, 3.63) is 75.9 Å². The third-order valence-corrected chi connectivity index (χ3v) is 8.33. The van der Waals surface area contributed by atoms with E-state index in [1.54, 1.807) is 27.7 Å². The van der Waals surface area contributed by atoms with Gasteiger partial charge in [-0.2, -0.15) is 17.6 Å². The molecule has 3 aromatic rings. The molecular weight excluding hydrogens is 716 g/mol. The Hall–Kier alpha value is -3.91. The van der Waals surface area contributed by atoms with E-state index in [-0.39, 0.29) is 32.0 Å². The molecule has 1 atom stereocenters. The number of esters is 1. The minimum atomic E-state index is -2.49. The van der Waals surface area contributed by atoms with Crippen molar-refractivity contribution in [1.29, 1.82) is 0 Å². The Morgan fingerprint density at radius 2 is 1.11 bits per heavy atom. The lowest BCUT2D eigenvalue weighted by Crippen LogP contribution is -2.37. The van der Waals surface area contributed by atoms with Crippen LogP contribution in [0.4, 0.5) is 35.1 Å². The van der Waals surface area contributed by atoms with E-state index in [0.29, 0.717) is 24.8 Å². The van der Waals surface area contributed by atoms with Crippen molar-refractivity contribution in [2.24, 2.45) is 0 Å². The average Bonchev–Trinajstić information content (AvgIpc) is 3.13. The molecule has 0 amide bonds. The number of carbonyl (C=O) groups excluding carboxylic acids is 1. The molecule has 294 valence electrons. The maximum Gasteiger partial charge on any atom is 0.347 e. The van der Waals surface area contributed by atoms with Gasteiger partial charge in [0.2, 0.25) is 29.0 Å². The van der Waals surface area contributed by atoms with Crippen LogP contribution in [0.15, 0.2) is 18.2 Å². The molecule has 0 saturated carbocycles. The molecule has 0 N–H and O–H groups in total. The van der Waals surface area contributed by atoms with Crippen molar-refractivity contribution < 1.29 is 63.6 Å². The minimum absolute atomic E-state index is 0.123. The van der Waals surface area contributed by atoms with Crippen molar-refractivity contribution in [2.45, 2.75) is 111 Å². The summed E-state index contributed by atoms with van der Waals surface area (Å²) in [6.07, 6.45) is 6.56. The van der Waals surface area contributed by atoms with E-state index in [0.717, 1.165) is 38.5 Å². The molecule has 0 saturated heterocycles. The monoisotopic (exact) mass is 762 g/mol. The van der Waals surface area contributed by atoms with Gasteiger partial charge >= 0.3 is 5.97 Å². The minimum Gasteiger partial charge on any atom is -0.487 e. The molecule has 0 aliphatic heterocycles. The number of hydrogen-bond donors (Lipinski definition) is 0. The van der Waals surface area contributed by atoms with E-state index in [1.807, 2.05) is 0 Å². The number of ether oxygens (including phenoxy) is 5. The molecule has 14 heteroatoms. The van der Waals surface area contributed by atoms with Crippen LogP contribution in [0.3, 0.4) is 0 Å². The summed E-state index contributed by atoms with van der Waals surface area (Å²) in [4.78, 5) is 13.4. The molecule has 0 aliphatic rings. The third kappa shape index (κ3) is 10.8. The van der Waals surface area contributed by atoms with Crippen LogP contribution in [0.5, 0.6) is 17.2 Å². The molecular formula is C39H46F8O6. The van der Waals surface area contributed by atoms with E-state index in [9.17, 15) is 22.4 Å². The van der Waals surface area contributed by atoms with Crippen molar-refractivity contribution in [3.8, 4) is 28.4 Å². The Morgan fingerprint density at radius 3 is 1.62 bits per heavy atom. The Kier molecular flexibility index (Phi) is 17.3. The van der Waals surface area contributed by atoms with Crippen LogP contribution in [-0.2, 0) is 9.47 Å². The molecule has 3 aromatic carbocycles. The molecule has 53 heavy (non-hydrogen) atoms. The van der Waals surface area contributed by atoms with E-state index in [1.165, 1.54) is 18.2 Å². The highest BCUT2D eigenvalue weighted by Crippen LogP contribution is 2.42. The molecule has 0 radical (unpaired) electrons. The number of halogens is 8. The number of carbonyl (C=O) groups is 1. The molecule has 0 aromatic heterocycles. The summed E-state index contributed by atoms with van der Waals surface area (Å²) in [7, 11) is 0. The Balaban J connectivity index is 1.98. The molecule has 6 nitrogen and oxygen atoms in total. The number of benzene rings is 3. The fraction of sp³-hybridized carbons (Fsp3) is 0.513. The topological polar surface area (TPSA) is 63.2 Å². The lowest BCUT2D eigenvalue weighted by molar-refractivity contribution is -0.184. The van der Waals surface area contributed by atoms with Crippen LogP contribution in [-0.4, -0.2) is 38.2 Å². The molecule has 0 heterocycles. The van der Waals surface area contributed by atoms with Gasteiger partial charge in [0.25, 0.3) is 0 Å². The highest BCUT2D eigenvalue weighted by Gasteiger charge is 2.36. The van der Waals surface area contributed by atoms with Gasteiger partial charge in [0.1, 0.15) is 17.4 Å². The molecule has 0 bridgehead atoms. The van der Waals surface area contributed by atoms with Gasteiger partial charge in [0.15, 0.2) is 35.3 Å². The van der Waals surface area contributed by atoms with E-state index in [2.05, 4.69) is 6.92 Å². The second-order valence-corrected chi connectivity index (χ2v) is 12.4. The summed E-state index contributed by atoms with van der Waals surface area (Å²) >= 11 is 0. The van der Waals surface area contributed by atoms with Crippen LogP contribution in [0, 0.1) is 53.5 Å². The van der Waals surface area contributed by atoms with Crippen molar-refractivity contribution in [2.75, 3.05) is 19.8 Å². The predicted octanol–water partition coefficient (Wildman–Crippen LogP) is 11.5. The summed E-state index contributed by atoms with van der Waals surface area (Å²) in [5.41, 5.74) is -4.00. The van der Waals surface area contributed by atoms with Crippen LogP contribution in [0.25, 0.3) is 11.1 Å². The molecule has 1 unspecified atom stereocenters. The molecule has 3 rings (SSSR count). The first kappa shape index (κ1) is 43.5. The zero-order valence-electron chi connectivity index (χ0n) is 30.6. The van der Waals surface area contributed by atoms with Gasteiger partial charge in [-0.1, -0.05) is 64.9 Å². The van der Waals surface area contributed by atoms with Gasteiger partial charge < -0.3 is 23.7 Å². The second kappa shape index (κ2) is 21.1. The second-order valence-electron chi connectivity index (χ2n) is 12.4. The highest BCUT2D eigenvalue weighted by molar-refractivity contribution is 5.94. The zero-order valence-corrected chi connectivity index (χ0v) is 30.6. The normalized spacial score (nSPS) is 12.0. The quantitative estimate of drug-likeness (QED) is 0.0254. The van der Waals surface area contributed by atoms with Crippen LogP contribution < -0.4 is 14.2 Å². The van der Waals surface area contributed by atoms with Gasteiger partial charge in [-0.15, -0.1) is 0 Å². The summed E-state index contributed by atoms with van der Waals surface area (Å²) in [6, 6.07) is 4.08. The van der Waals surface area contributed by atoms with E-state index < -0.39 is 93.1 Å². The van der Waals surface area contributed by atoms with Crippen molar-refractivity contribution in [1.82, 2.24) is 0 Å². The smallest absolute Gasteiger partial charge is 0.347 e. The first-order valence-corrected chi connectivity index (χ1v) is 17.9. The summed E-state index contributed by atoms with van der Waals surface area (Å²) in [5.74, 6) is -24.0. The fourth-order valence-electron chi connectivity index (χ4n) is 5.55. The SMILES string of the molecule is CCCCCCCCCC(Oc1cc(C)ccc1C(=O)Oc1c(F)c(F)c(-c2c(F)c(F)c(OCCCC)c(F)c2F)c(F)c1F)C(OCC)OCC. The van der Waals surface area contributed by atoms with Gasteiger partial charge in [0.05, 0.1) is 17.7 Å². The van der Waals surface area contributed by atoms with Crippen molar-refractivity contribution in [3.63, 3.8) is 0 Å². The van der Waals surface area contributed by atoms with Gasteiger partial charge in [0, 0.05) is 13.2 Å². The summed E-state index contributed by atoms with van der Waals surface area (Å²) in [5, 5.41) is 0. The third-order valence-electron chi connectivity index (χ3n) is 8.33. The van der Waals surface area contributed by atoms with E-state index in [4.69, 9.17) is 23.7 Å². The lowest BCUT2D eigenvalue weighted by Gasteiger charge is -2.28. The zero-order chi connectivity index (χ0) is 39.2. The summed E-state index contributed by atoms with van der Waals surface area (Å²) < 4.78 is 148. The number of hydrogen-bond acceptors (Lipinski definition) is 6. The van der Waals surface area contributed by atoms with Crippen LogP contribution in [0.2, 0.25) is 0 Å². The van der Waals surface area contributed by atoms with Gasteiger partial charge in [-0.25, -0.2) is 22.4 Å². The fourth-order valence-corrected chi connectivity index (χ4v) is 5.55. The molecule has 0 fully saturated rings. The maximum atomic E-state index is 15.4.